The molecule has 4 aromatic carbocycles. The first-order valence-corrected chi connectivity index (χ1v) is 10.8. The number of nitrogens with zero attached hydrogens (tertiary/aromatic N) is 2. The summed E-state index contributed by atoms with van der Waals surface area (Å²) in [4.78, 5) is 4.07. The van der Waals surface area contributed by atoms with E-state index in [0.717, 1.165) is 5.69 Å². The molecule has 2 aliphatic rings. The van der Waals surface area contributed by atoms with Crippen LogP contribution in [0.4, 0.5) is 5.69 Å². The SMILES string of the molecule is [C-]#[N+]c1cc2c3ccccc3n3c2c2c1C(C)(C)c1ccccc1B2c1ccccc1-3. The summed E-state index contributed by atoms with van der Waals surface area (Å²) in [5.41, 5.74) is 10.8. The first-order valence-electron chi connectivity index (χ1n) is 10.8. The maximum atomic E-state index is 8.08. The average molecular weight is 394 g/mol. The molecule has 2 nitrogen and oxygen atoms in total. The van der Waals surface area contributed by atoms with Crippen molar-refractivity contribution in [3.63, 3.8) is 0 Å². The number of para-hydroxylation sites is 2. The second kappa shape index (κ2) is 5.48. The third kappa shape index (κ3) is 1.85. The predicted molar refractivity (Wildman–Crippen MR) is 130 cm³/mol. The summed E-state index contributed by atoms with van der Waals surface area (Å²) < 4.78 is 2.44. The number of fused-ring (bicyclic) bond motifs is 8. The Kier molecular flexibility index (Phi) is 3.00. The largest absolute Gasteiger partial charge is 0.310 e. The Hall–Kier alpha value is -3.77. The van der Waals surface area contributed by atoms with E-state index in [2.05, 4.69) is 102 Å². The van der Waals surface area contributed by atoms with Crippen LogP contribution >= 0.6 is 0 Å². The second-order valence-electron chi connectivity index (χ2n) is 9.25. The average Bonchev–Trinajstić information content (AvgIpc) is 3.14. The van der Waals surface area contributed by atoms with Crippen LogP contribution in [0.5, 0.6) is 0 Å². The van der Waals surface area contributed by atoms with E-state index >= 15 is 0 Å². The van der Waals surface area contributed by atoms with E-state index in [1.165, 1.54) is 55.0 Å². The molecule has 0 saturated heterocycles. The smallest absolute Gasteiger partial charge is 0.245 e. The van der Waals surface area contributed by atoms with E-state index in [4.69, 9.17) is 6.57 Å². The summed E-state index contributed by atoms with van der Waals surface area (Å²) in [6.07, 6.45) is 0. The van der Waals surface area contributed by atoms with Gasteiger partial charge in [-0.15, -0.1) is 0 Å². The van der Waals surface area contributed by atoms with Crippen LogP contribution in [0, 0.1) is 6.57 Å². The molecule has 5 aromatic rings. The van der Waals surface area contributed by atoms with Crippen LogP contribution in [0.25, 0.3) is 32.3 Å². The van der Waals surface area contributed by atoms with Gasteiger partial charge in [0.2, 0.25) is 6.71 Å². The highest BCUT2D eigenvalue weighted by Crippen LogP contribution is 2.44. The Morgan fingerprint density at radius 1 is 0.839 bits per heavy atom. The molecular formula is C28H19BN2. The van der Waals surface area contributed by atoms with Crippen molar-refractivity contribution in [3.8, 4) is 5.69 Å². The van der Waals surface area contributed by atoms with Gasteiger partial charge in [-0.1, -0.05) is 85.4 Å². The molecular weight excluding hydrogens is 375 g/mol. The van der Waals surface area contributed by atoms with Crippen molar-refractivity contribution in [1.82, 2.24) is 4.57 Å². The molecule has 0 bridgehead atoms. The standard InChI is InChI=1S/C28H19BN2/c1-28(2)19-11-5-6-12-20(19)29-21-13-7-9-15-24(21)31-23-14-8-4-10-17(23)18-16-22(30-3)25(28)26(29)27(18)31/h4-16H,1-2H3. The number of aromatic nitrogens is 1. The maximum absolute atomic E-state index is 8.08. The number of benzene rings is 4. The molecule has 7 rings (SSSR count). The predicted octanol–water partition coefficient (Wildman–Crippen LogP) is 4.80. The van der Waals surface area contributed by atoms with Crippen molar-refractivity contribution < 1.29 is 0 Å². The minimum atomic E-state index is -0.232. The Labute approximate surface area is 181 Å². The molecule has 31 heavy (non-hydrogen) atoms. The van der Waals surface area contributed by atoms with Gasteiger partial charge in [-0.05, 0) is 40.2 Å². The van der Waals surface area contributed by atoms with Gasteiger partial charge in [0.15, 0.2) is 5.69 Å². The molecule has 0 unspecified atom stereocenters. The lowest BCUT2D eigenvalue weighted by Gasteiger charge is -2.42. The van der Waals surface area contributed by atoms with Crippen LogP contribution in [-0.4, -0.2) is 11.3 Å². The molecule has 0 saturated carbocycles. The molecule has 0 radical (unpaired) electrons. The molecule has 3 heterocycles. The van der Waals surface area contributed by atoms with Gasteiger partial charge in [-0.25, -0.2) is 4.85 Å². The topological polar surface area (TPSA) is 9.29 Å². The highest BCUT2D eigenvalue weighted by atomic mass is 15.0. The molecule has 0 spiro atoms. The van der Waals surface area contributed by atoms with Crippen molar-refractivity contribution in [2.45, 2.75) is 19.3 Å². The van der Waals surface area contributed by atoms with Gasteiger partial charge in [-0.3, -0.25) is 0 Å². The lowest BCUT2D eigenvalue weighted by Crippen LogP contribution is -2.63. The van der Waals surface area contributed by atoms with Gasteiger partial charge in [0, 0.05) is 22.0 Å². The van der Waals surface area contributed by atoms with Crippen LogP contribution in [0.1, 0.15) is 25.0 Å². The number of hydrogen-bond acceptors (Lipinski definition) is 0. The highest BCUT2D eigenvalue weighted by molar-refractivity contribution is 6.99. The van der Waals surface area contributed by atoms with Crippen molar-refractivity contribution in [1.29, 1.82) is 0 Å². The number of hydrogen-bond donors (Lipinski definition) is 0. The van der Waals surface area contributed by atoms with E-state index in [1.54, 1.807) is 0 Å². The van der Waals surface area contributed by atoms with Crippen LogP contribution in [0.15, 0.2) is 78.9 Å². The minimum Gasteiger partial charge on any atom is -0.310 e. The fraction of sp³-hybridized carbons (Fsp3) is 0.107. The Balaban J connectivity index is 1.83. The monoisotopic (exact) mass is 394 g/mol. The summed E-state index contributed by atoms with van der Waals surface area (Å²) in [5, 5.41) is 2.41. The van der Waals surface area contributed by atoms with E-state index in [1.807, 2.05) is 0 Å². The normalized spacial score (nSPS) is 14.9. The van der Waals surface area contributed by atoms with E-state index in [0.29, 0.717) is 0 Å². The highest BCUT2D eigenvalue weighted by Gasteiger charge is 2.45. The van der Waals surface area contributed by atoms with Crippen molar-refractivity contribution in [3.05, 3.63) is 101 Å². The lowest BCUT2D eigenvalue weighted by atomic mass is 9.30. The van der Waals surface area contributed by atoms with Crippen molar-refractivity contribution in [2.24, 2.45) is 0 Å². The quantitative estimate of drug-likeness (QED) is 0.259. The Morgan fingerprint density at radius 2 is 1.55 bits per heavy atom. The zero-order valence-electron chi connectivity index (χ0n) is 17.5. The van der Waals surface area contributed by atoms with Gasteiger partial charge in [0.25, 0.3) is 0 Å². The Morgan fingerprint density at radius 3 is 2.39 bits per heavy atom. The molecule has 2 aliphatic heterocycles. The van der Waals surface area contributed by atoms with Crippen LogP contribution in [0.2, 0.25) is 0 Å². The minimum absolute atomic E-state index is 0.149. The number of rotatable bonds is 0. The van der Waals surface area contributed by atoms with Crippen LogP contribution in [-0.2, 0) is 5.41 Å². The Bertz CT molecular complexity index is 1630. The van der Waals surface area contributed by atoms with Crippen LogP contribution in [0.3, 0.4) is 0 Å². The van der Waals surface area contributed by atoms with Crippen LogP contribution < -0.4 is 16.4 Å². The van der Waals surface area contributed by atoms with Gasteiger partial charge < -0.3 is 4.57 Å². The lowest BCUT2D eigenvalue weighted by molar-refractivity contribution is 0.649. The first kappa shape index (κ1) is 17.0. The van der Waals surface area contributed by atoms with E-state index in [-0.39, 0.29) is 12.1 Å². The third-order valence-electron chi connectivity index (χ3n) is 7.44. The van der Waals surface area contributed by atoms with Gasteiger partial charge in [-0.2, -0.15) is 0 Å². The van der Waals surface area contributed by atoms with Gasteiger partial charge in [0.05, 0.1) is 12.1 Å². The molecule has 0 N–H and O–H groups in total. The second-order valence-corrected chi connectivity index (χ2v) is 9.25. The zero-order chi connectivity index (χ0) is 20.9. The summed E-state index contributed by atoms with van der Waals surface area (Å²) in [6.45, 7) is 12.8. The summed E-state index contributed by atoms with van der Waals surface area (Å²) in [6, 6.07) is 28.4. The summed E-state index contributed by atoms with van der Waals surface area (Å²) in [5.74, 6) is 0. The maximum Gasteiger partial charge on any atom is 0.245 e. The molecule has 144 valence electrons. The van der Waals surface area contributed by atoms with Gasteiger partial charge in [0.1, 0.15) is 0 Å². The first-order chi connectivity index (χ1) is 15.1. The summed E-state index contributed by atoms with van der Waals surface area (Å²) in [7, 11) is 0. The molecule has 0 fully saturated rings. The third-order valence-corrected chi connectivity index (χ3v) is 7.44. The molecule has 3 heteroatoms. The summed E-state index contributed by atoms with van der Waals surface area (Å²) >= 11 is 0. The van der Waals surface area contributed by atoms with Gasteiger partial charge >= 0.3 is 0 Å². The molecule has 0 aliphatic carbocycles. The molecule has 0 atom stereocenters. The van der Waals surface area contributed by atoms with E-state index in [9.17, 15) is 0 Å². The van der Waals surface area contributed by atoms with Crippen molar-refractivity contribution >= 4 is 50.6 Å². The molecule has 1 aromatic heterocycles. The van der Waals surface area contributed by atoms with E-state index < -0.39 is 0 Å². The fourth-order valence-corrected chi connectivity index (χ4v) is 6.28. The fourth-order valence-electron chi connectivity index (χ4n) is 6.28. The van der Waals surface area contributed by atoms with Crippen molar-refractivity contribution in [2.75, 3.05) is 0 Å². The molecule has 0 amide bonds. The zero-order valence-corrected chi connectivity index (χ0v) is 17.5.